The van der Waals surface area contributed by atoms with Crippen LogP contribution in [0, 0.1) is 0 Å². The molecule has 1 aliphatic rings. The third-order valence-electron chi connectivity index (χ3n) is 3.35. The average molecular weight is 298 g/mol. The molecule has 1 fully saturated rings. The Bertz CT molecular complexity index is 411. The fourth-order valence-electron chi connectivity index (χ4n) is 2.30. The lowest BCUT2D eigenvalue weighted by atomic mass is 10.2. The van der Waals surface area contributed by atoms with E-state index in [9.17, 15) is 4.79 Å². The first kappa shape index (κ1) is 15.4. The maximum Gasteiger partial charge on any atom is 0.241 e. The van der Waals surface area contributed by atoms with E-state index in [-0.39, 0.29) is 18.1 Å². The highest BCUT2D eigenvalue weighted by atomic mass is 32.1. The third kappa shape index (κ3) is 3.79. The average Bonchev–Trinajstić information content (AvgIpc) is 3.05. The molecule has 112 valence electrons. The molecule has 1 amide bonds. The van der Waals surface area contributed by atoms with Crippen LogP contribution in [0.25, 0.3) is 0 Å². The molecule has 0 bridgehead atoms. The second-order valence-electron chi connectivity index (χ2n) is 4.84. The van der Waals surface area contributed by atoms with Gasteiger partial charge in [0.25, 0.3) is 0 Å². The molecule has 20 heavy (non-hydrogen) atoms. The van der Waals surface area contributed by atoms with Crippen LogP contribution in [-0.2, 0) is 14.3 Å². The van der Waals surface area contributed by atoms with E-state index in [1.807, 2.05) is 17.2 Å². The van der Waals surface area contributed by atoms with Gasteiger partial charge in [0.1, 0.15) is 6.17 Å². The van der Waals surface area contributed by atoms with Gasteiger partial charge in [0, 0.05) is 20.3 Å². The first-order chi connectivity index (χ1) is 9.74. The number of thiophene rings is 1. The Morgan fingerprint density at radius 1 is 1.40 bits per heavy atom. The molecule has 2 unspecified atom stereocenters. The van der Waals surface area contributed by atoms with Gasteiger partial charge in [-0.25, -0.2) is 0 Å². The molecule has 5 nitrogen and oxygen atoms in total. The molecule has 0 saturated carbocycles. The van der Waals surface area contributed by atoms with E-state index in [1.54, 1.807) is 18.4 Å². The Labute approximate surface area is 123 Å². The molecular weight excluding hydrogens is 276 g/mol. The minimum absolute atomic E-state index is 0.00252. The summed E-state index contributed by atoms with van der Waals surface area (Å²) in [7, 11) is 1.66. The zero-order chi connectivity index (χ0) is 14.4. The summed E-state index contributed by atoms with van der Waals surface area (Å²) in [6.45, 7) is 4.49. The van der Waals surface area contributed by atoms with Crippen LogP contribution in [0.2, 0.25) is 0 Å². The van der Waals surface area contributed by atoms with Gasteiger partial charge in [0.05, 0.1) is 19.3 Å². The highest BCUT2D eigenvalue weighted by Gasteiger charge is 2.36. The first-order valence-electron chi connectivity index (χ1n) is 6.89. The van der Waals surface area contributed by atoms with Crippen molar-refractivity contribution in [3.05, 3.63) is 22.4 Å². The number of amides is 1. The van der Waals surface area contributed by atoms with Crippen LogP contribution in [0.4, 0.5) is 0 Å². The molecule has 0 radical (unpaired) electrons. The lowest BCUT2D eigenvalue weighted by Crippen LogP contribution is -2.32. The topological polar surface area (TPSA) is 50.8 Å². The highest BCUT2D eigenvalue weighted by molar-refractivity contribution is 7.07. The van der Waals surface area contributed by atoms with E-state index in [1.165, 1.54) is 0 Å². The number of hydrogen-bond donors (Lipinski definition) is 1. The smallest absolute Gasteiger partial charge is 0.241 e. The molecule has 0 spiro atoms. The van der Waals surface area contributed by atoms with Crippen LogP contribution in [-0.4, -0.2) is 50.3 Å². The second-order valence-corrected chi connectivity index (χ2v) is 5.62. The molecule has 6 heteroatoms. The molecule has 1 aromatic rings. The number of methoxy groups -OCH3 is 1. The van der Waals surface area contributed by atoms with Gasteiger partial charge in [0.15, 0.2) is 0 Å². The minimum Gasteiger partial charge on any atom is -0.382 e. The lowest BCUT2D eigenvalue weighted by Gasteiger charge is -2.23. The molecular formula is C14H22N2O3S. The molecule has 1 saturated heterocycles. The van der Waals surface area contributed by atoms with Crippen LogP contribution < -0.4 is 5.32 Å². The summed E-state index contributed by atoms with van der Waals surface area (Å²) in [6.07, 6.45) is 0.840. The van der Waals surface area contributed by atoms with Crippen molar-refractivity contribution in [3.8, 4) is 0 Å². The first-order valence-corrected chi connectivity index (χ1v) is 7.83. The van der Waals surface area contributed by atoms with Gasteiger partial charge in [-0.3, -0.25) is 10.1 Å². The van der Waals surface area contributed by atoms with Gasteiger partial charge >= 0.3 is 0 Å². The van der Waals surface area contributed by atoms with Crippen molar-refractivity contribution in [1.29, 1.82) is 0 Å². The van der Waals surface area contributed by atoms with E-state index in [4.69, 9.17) is 9.47 Å². The summed E-state index contributed by atoms with van der Waals surface area (Å²) >= 11 is 1.65. The number of rotatable bonds is 8. The maximum atomic E-state index is 12.2. The van der Waals surface area contributed by atoms with E-state index in [2.05, 4.69) is 16.8 Å². The Kier molecular flexibility index (Phi) is 5.97. The Balaban J connectivity index is 1.82. The van der Waals surface area contributed by atoms with Crippen LogP contribution in [0.3, 0.4) is 0 Å². The molecule has 2 atom stereocenters. The molecule has 0 aromatic carbocycles. The predicted octanol–water partition coefficient (Wildman–Crippen LogP) is 1.62. The number of ether oxygens (including phenoxy) is 2. The van der Waals surface area contributed by atoms with Crippen molar-refractivity contribution in [2.24, 2.45) is 0 Å². The van der Waals surface area contributed by atoms with Gasteiger partial charge in [-0.05, 0) is 35.7 Å². The molecule has 2 rings (SSSR count). The predicted molar refractivity (Wildman–Crippen MR) is 78.7 cm³/mol. The van der Waals surface area contributed by atoms with Crippen LogP contribution >= 0.6 is 11.3 Å². The Hall–Kier alpha value is -0.950. The SMILES string of the molecule is COCCOCCCN1C(=O)C(C)NC1c1ccsc1. The number of carbonyl (C=O) groups excluding carboxylic acids is 1. The number of nitrogens with zero attached hydrogens (tertiary/aromatic N) is 1. The van der Waals surface area contributed by atoms with Gasteiger partial charge < -0.3 is 14.4 Å². The highest BCUT2D eigenvalue weighted by Crippen LogP contribution is 2.26. The largest absolute Gasteiger partial charge is 0.382 e. The van der Waals surface area contributed by atoms with Crippen molar-refractivity contribution in [2.45, 2.75) is 25.6 Å². The van der Waals surface area contributed by atoms with E-state index < -0.39 is 0 Å². The zero-order valence-corrected chi connectivity index (χ0v) is 12.8. The van der Waals surface area contributed by atoms with E-state index in [0.29, 0.717) is 26.4 Å². The van der Waals surface area contributed by atoms with Gasteiger partial charge in [-0.1, -0.05) is 0 Å². The number of carbonyl (C=O) groups is 1. The van der Waals surface area contributed by atoms with E-state index >= 15 is 0 Å². The monoisotopic (exact) mass is 298 g/mol. The molecule has 2 heterocycles. The van der Waals surface area contributed by atoms with Crippen molar-refractivity contribution >= 4 is 17.2 Å². The van der Waals surface area contributed by atoms with Gasteiger partial charge in [-0.15, -0.1) is 0 Å². The summed E-state index contributed by atoms with van der Waals surface area (Å²) in [5.74, 6) is 0.165. The Morgan fingerprint density at radius 3 is 2.95 bits per heavy atom. The van der Waals surface area contributed by atoms with Crippen molar-refractivity contribution < 1.29 is 14.3 Å². The van der Waals surface area contributed by atoms with Crippen LogP contribution in [0.5, 0.6) is 0 Å². The quantitative estimate of drug-likeness (QED) is 0.741. The summed E-state index contributed by atoms with van der Waals surface area (Å²) < 4.78 is 10.4. The molecule has 1 aromatic heterocycles. The van der Waals surface area contributed by atoms with Crippen molar-refractivity contribution in [2.75, 3.05) is 33.5 Å². The fraction of sp³-hybridized carbons (Fsp3) is 0.643. The summed E-state index contributed by atoms with van der Waals surface area (Å²) in [4.78, 5) is 14.1. The lowest BCUT2D eigenvalue weighted by molar-refractivity contribution is -0.130. The summed E-state index contributed by atoms with van der Waals surface area (Å²) in [5.41, 5.74) is 1.16. The number of nitrogens with one attached hydrogen (secondary N) is 1. The van der Waals surface area contributed by atoms with Gasteiger partial charge in [-0.2, -0.15) is 11.3 Å². The maximum absolute atomic E-state index is 12.2. The second kappa shape index (κ2) is 7.73. The fourth-order valence-corrected chi connectivity index (χ4v) is 2.98. The zero-order valence-electron chi connectivity index (χ0n) is 12.0. The standard InChI is InChI=1S/C14H22N2O3S/c1-11-14(17)16(5-3-6-19-8-7-18-2)13(15-11)12-4-9-20-10-12/h4,9-11,13,15H,3,5-8H2,1-2H3. The normalized spacial score (nSPS) is 22.7. The van der Waals surface area contributed by atoms with E-state index in [0.717, 1.165) is 12.0 Å². The summed E-state index contributed by atoms with van der Waals surface area (Å²) in [6, 6.07) is 1.95. The summed E-state index contributed by atoms with van der Waals surface area (Å²) in [5, 5.41) is 7.47. The molecule has 0 aliphatic carbocycles. The molecule has 1 aliphatic heterocycles. The number of hydrogen-bond acceptors (Lipinski definition) is 5. The minimum atomic E-state index is -0.116. The van der Waals surface area contributed by atoms with Crippen LogP contribution in [0.15, 0.2) is 16.8 Å². The molecule has 1 N–H and O–H groups in total. The van der Waals surface area contributed by atoms with Crippen molar-refractivity contribution in [3.63, 3.8) is 0 Å². The van der Waals surface area contributed by atoms with Crippen LogP contribution in [0.1, 0.15) is 25.1 Å². The Morgan fingerprint density at radius 2 is 2.25 bits per heavy atom. The van der Waals surface area contributed by atoms with Crippen molar-refractivity contribution in [1.82, 2.24) is 10.2 Å². The third-order valence-corrected chi connectivity index (χ3v) is 4.05. The van der Waals surface area contributed by atoms with Gasteiger partial charge in [0.2, 0.25) is 5.91 Å².